The first kappa shape index (κ1) is 11.0. The summed E-state index contributed by atoms with van der Waals surface area (Å²) >= 11 is 0.917. The monoisotopic (exact) mass is 259 g/mol. The molecule has 6 heteroatoms. The number of aryl methyl sites for hydroxylation is 1. The second-order valence-electron chi connectivity index (χ2n) is 3.94. The first-order valence-electron chi connectivity index (χ1n) is 5.32. The highest BCUT2D eigenvalue weighted by Gasteiger charge is 2.24. The molecule has 0 aliphatic carbocycles. The average Bonchev–Trinajstić information content (AvgIpc) is 2.84. The normalized spacial score (nSPS) is 17.7. The Bertz CT molecular complexity index is 702. The summed E-state index contributed by atoms with van der Waals surface area (Å²) in [5.41, 5.74) is 2.73. The number of nitrogens with zero attached hydrogens (tertiary/aromatic N) is 2. The van der Waals surface area contributed by atoms with Crippen LogP contribution in [0.25, 0.3) is 11.7 Å². The fourth-order valence-electron chi connectivity index (χ4n) is 1.78. The molecule has 0 spiro atoms. The minimum absolute atomic E-state index is 0.328. The molecular weight excluding hydrogens is 250 g/mol. The Morgan fingerprint density at radius 1 is 1.39 bits per heavy atom. The van der Waals surface area contributed by atoms with Crippen molar-refractivity contribution in [3.8, 4) is 0 Å². The highest BCUT2D eigenvalue weighted by molar-refractivity contribution is 8.18. The van der Waals surface area contributed by atoms with Crippen molar-refractivity contribution in [2.45, 2.75) is 6.92 Å². The third-order valence-corrected chi connectivity index (χ3v) is 3.46. The van der Waals surface area contributed by atoms with Crippen LogP contribution in [0.5, 0.6) is 0 Å². The minimum Gasteiger partial charge on any atom is -0.304 e. The number of aromatic nitrogens is 2. The maximum Gasteiger partial charge on any atom is 0.290 e. The fraction of sp³-hybridized carbons (Fsp3) is 0.0833. The molecule has 90 valence electrons. The van der Waals surface area contributed by atoms with Gasteiger partial charge in [0, 0.05) is 18.1 Å². The van der Waals surface area contributed by atoms with Gasteiger partial charge in [-0.2, -0.15) is 0 Å². The van der Waals surface area contributed by atoms with Crippen molar-refractivity contribution >= 4 is 34.6 Å². The number of thioether (sulfide) groups is 1. The molecule has 1 aliphatic rings. The molecule has 1 N–H and O–H groups in total. The molecule has 0 radical (unpaired) electrons. The van der Waals surface area contributed by atoms with Crippen molar-refractivity contribution in [2.75, 3.05) is 0 Å². The van der Waals surface area contributed by atoms with Crippen molar-refractivity contribution in [1.82, 2.24) is 14.7 Å². The lowest BCUT2D eigenvalue weighted by molar-refractivity contribution is -0.115. The fourth-order valence-corrected chi connectivity index (χ4v) is 2.46. The van der Waals surface area contributed by atoms with Gasteiger partial charge in [0.1, 0.15) is 5.65 Å². The minimum atomic E-state index is -0.340. The molecule has 2 aromatic rings. The zero-order chi connectivity index (χ0) is 12.7. The summed E-state index contributed by atoms with van der Waals surface area (Å²) < 4.78 is 1.94. The van der Waals surface area contributed by atoms with Crippen LogP contribution in [0, 0.1) is 6.92 Å². The van der Waals surface area contributed by atoms with Crippen LogP contribution in [-0.2, 0) is 4.79 Å². The zero-order valence-corrected chi connectivity index (χ0v) is 10.3. The lowest BCUT2D eigenvalue weighted by Gasteiger charge is -1.99. The molecule has 0 bridgehead atoms. The van der Waals surface area contributed by atoms with Crippen LogP contribution < -0.4 is 5.32 Å². The van der Waals surface area contributed by atoms with E-state index in [1.165, 1.54) is 0 Å². The van der Waals surface area contributed by atoms with E-state index in [1.807, 2.05) is 29.7 Å². The first-order chi connectivity index (χ1) is 8.63. The second kappa shape index (κ2) is 3.99. The van der Waals surface area contributed by atoms with Crippen LogP contribution in [0.4, 0.5) is 4.79 Å². The summed E-state index contributed by atoms with van der Waals surface area (Å²) in [6.45, 7) is 1.96. The number of hydrogen-bond donors (Lipinski definition) is 1. The lowest BCUT2D eigenvalue weighted by Crippen LogP contribution is -2.17. The number of imidazole rings is 1. The molecule has 1 saturated heterocycles. The smallest absolute Gasteiger partial charge is 0.290 e. The molecule has 0 aromatic carbocycles. The van der Waals surface area contributed by atoms with Crippen molar-refractivity contribution in [1.29, 1.82) is 0 Å². The van der Waals surface area contributed by atoms with Crippen molar-refractivity contribution in [2.24, 2.45) is 0 Å². The molecule has 2 aromatic heterocycles. The quantitative estimate of drug-likeness (QED) is 0.795. The van der Waals surface area contributed by atoms with E-state index in [1.54, 1.807) is 12.3 Å². The van der Waals surface area contributed by atoms with Gasteiger partial charge in [0.25, 0.3) is 11.1 Å². The molecule has 0 atom stereocenters. The van der Waals surface area contributed by atoms with Gasteiger partial charge in [-0.1, -0.05) is 0 Å². The highest BCUT2D eigenvalue weighted by Crippen LogP contribution is 2.25. The van der Waals surface area contributed by atoms with Gasteiger partial charge in [-0.3, -0.25) is 14.9 Å². The summed E-state index contributed by atoms with van der Waals surface area (Å²) in [5.74, 6) is -0.340. The number of hydrogen-bond acceptors (Lipinski definition) is 4. The van der Waals surface area contributed by atoms with Gasteiger partial charge < -0.3 is 4.40 Å². The van der Waals surface area contributed by atoms with Gasteiger partial charge in [-0.05, 0) is 42.5 Å². The largest absolute Gasteiger partial charge is 0.304 e. The van der Waals surface area contributed by atoms with Crippen LogP contribution in [0.3, 0.4) is 0 Å². The summed E-state index contributed by atoms with van der Waals surface area (Å²) in [5, 5.41) is 1.90. The van der Waals surface area contributed by atoms with Gasteiger partial charge >= 0.3 is 0 Å². The summed E-state index contributed by atoms with van der Waals surface area (Å²) in [6.07, 6.45) is 5.37. The number of carbonyl (C=O) groups excluding carboxylic acids is 2. The number of amides is 2. The van der Waals surface area contributed by atoms with Crippen molar-refractivity contribution < 1.29 is 9.59 Å². The molecule has 0 unspecified atom stereocenters. The summed E-state index contributed by atoms with van der Waals surface area (Å²) in [6, 6.07) is 3.74. The molecule has 3 heterocycles. The van der Waals surface area contributed by atoms with E-state index in [0.29, 0.717) is 4.91 Å². The molecule has 1 aliphatic heterocycles. The van der Waals surface area contributed by atoms with Crippen LogP contribution >= 0.6 is 11.8 Å². The number of carbonyl (C=O) groups is 2. The van der Waals surface area contributed by atoms with Crippen molar-refractivity contribution in [3.63, 3.8) is 0 Å². The Hall–Kier alpha value is -2.08. The van der Waals surface area contributed by atoms with Crippen LogP contribution in [-0.4, -0.2) is 20.5 Å². The number of rotatable bonds is 1. The van der Waals surface area contributed by atoms with E-state index >= 15 is 0 Å². The Kier molecular flexibility index (Phi) is 2.45. The summed E-state index contributed by atoms with van der Waals surface area (Å²) in [4.78, 5) is 27.1. The van der Waals surface area contributed by atoms with Crippen molar-refractivity contribution in [3.05, 3.63) is 40.7 Å². The number of pyridine rings is 1. The molecule has 18 heavy (non-hydrogen) atoms. The van der Waals surface area contributed by atoms with E-state index < -0.39 is 0 Å². The Balaban J connectivity index is 2.04. The second-order valence-corrected chi connectivity index (χ2v) is 4.96. The van der Waals surface area contributed by atoms with Crippen LogP contribution in [0.2, 0.25) is 0 Å². The average molecular weight is 259 g/mol. The highest BCUT2D eigenvalue weighted by atomic mass is 32.2. The number of fused-ring (bicyclic) bond motifs is 1. The van der Waals surface area contributed by atoms with E-state index in [9.17, 15) is 9.59 Å². The molecular formula is C12H9N3O2S. The standard InChI is InChI=1S/C12H9N3O2S/c1-7-5-13-10-3-2-8(6-15(7)10)4-9-11(16)14-12(17)18-9/h2-6H,1H3,(H,14,16,17)/b9-4-. The molecule has 1 fully saturated rings. The Labute approximate surface area is 107 Å². The van der Waals surface area contributed by atoms with Gasteiger partial charge in [-0.15, -0.1) is 0 Å². The van der Waals surface area contributed by atoms with E-state index in [2.05, 4.69) is 10.3 Å². The Morgan fingerprint density at radius 2 is 2.22 bits per heavy atom. The third-order valence-electron chi connectivity index (χ3n) is 2.65. The summed E-state index contributed by atoms with van der Waals surface area (Å²) in [7, 11) is 0. The topological polar surface area (TPSA) is 63.5 Å². The lowest BCUT2D eigenvalue weighted by atomic mass is 10.2. The van der Waals surface area contributed by atoms with Gasteiger partial charge in [0.05, 0.1) is 4.91 Å². The van der Waals surface area contributed by atoms with E-state index in [-0.39, 0.29) is 11.1 Å². The molecule has 2 amide bonds. The maximum atomic E-state index is 11.4. The van der Waals surface area contributed by atoms with Gasteiger partial charge in [-0.25, -0.2) is 4.98 Å². The number of nitrogens with one attached hydrogen (secondary N) is 1. The van der Waals surface area contributed by atoms with E-state index in [4.69, 9.17) is 0 Å². The predicted octanol–water partition coefficient (Wildman–Crippen LogP) is 1.97. The Morgan fingerprint density at radius 3 is 2.94 bits per heavy atom. The molecule has 5 nitrogen and oxygen atoms in total. The van der Waals surface area contributed by atoms with Crippen LogP contribution in [0.15, 0.2) is 29.4 Å². The van der Waals surface area contributed by atoms with E-state index in [0.717, 1.165) is 28.7 Å². The SMILES string of the molecule is Cc1cnc2ccc(/C=C3\SC(=O)NC3=O)cn12. The molecule has 0 saturated carbocycles. The van der Waals surface area contributed by atoms with Gasteiger partial charge in [0.15, 0.2) is 0 Å². The molecule has 3 rings (SSSR count). The predicted molar refractivity (Wildman–Crippen MR) is 69.0 cm³/mol. The van der Waals surface area contributed by atoms with Crippen LogP contribution in [0.1, 0.15) is 11.3 Å². The third kappa shape index (κ3) is 1.80. The maximum absolute atomic E-state index is 11.4. The van der Waals surface area contributed by atoms with Gasteiger partial charge in [0.2, 0.25) is 0 Å². The number of imide groups is 1. The first-order valence-corrected chi connectivity index (χ1v) is 6.14. The zero-order valence-electron chi connectivity index (χ0n) is 9.51.